The lowest BCUT2D eigenvalue weighted by molar-refractivity contribution is -0.125. The quantitative estimate of drug-likeness (QED) is 0.752. The van der Waals surface area contributed by atoms with Gasteiger partial charge in [-0.1, -0.05) is 18.2 Å². The Hall–Kier alpha value is -3.30. The topological polar surface area (TPSA) is 65.8 Å². The Morgan fingerprint density at radius 1 is 1.03 bits per heavy atom. The standard InChI is InChI=1S/C23H23N3O3/c24-15-19-2-4-20(5-3-19)16-25-10-1-11-26(13-12-25)23(27)9-7-18-6-8-21-22(14-18)29-17-28-21/h2-9,14H,1,10-13,16-17H2/b9-7+. The number of nitriles is 1. The highest BCUT2D eigenvalue weighted by atomic mass is 16.7. The van der Waals surface area contributed by atoms with Crippen molar-refractivity contribution in [2.45, 2.75) is 13.0 Å². The Morgan fingerprint density at radius 2 is 1.86 bits per heavy atom. The summed E-state index contributed by atoms with van der Waals surface area (Å²) in [6.07, 6.45) is 4.40. The third-order valence-electron chi connectivity index (χ3n) is 5.20. The minimum Gasteiger partial charge on any atom is -0.454 e. The molecule has 0 N–H and O–H groups in total. The molecule has 0 aliphatic carbocycles. The fraction of sp³-hybridized carbons (Fsp3) is 0.304. The van der Waals surface area contributed by atoms with E-state index in [9.17, 15) is 4.79 Å². The van der Waals surface area contributed by atoms with Gasteiger partial charge in [-0.25, -0.2) is 0 Å². The Balaban J connectivity index is 1.31. The van der Waals surface area contributed by atoms with Crippen molar-refractivity contribution < 1.29 is 14.3 Å². The van der Waals surface area contributed by atoms with Crippen LogP contribution in [0.1, 0.15) is 23.1 Å². The zero-order valence-corrected chi connectivity index (χ0v) is 16.2. The summed E-state index contributed by atoms with van der Waals surface area (Å²) in [5, 5.41) is 8.91. The monoisotopic (exact) mass is 389 g/mol. The minimum atomic E-state index is 0.0305. The predicted molar refractivity (Wildman–Crippen MR) is 109 cm³/mol. The van der Waals surface area contributed by atoms with Crippen molar-refractivity contribution in [2.24, 2.45) is 0 Å². The van der Waals surface area contributed by atoms with E-state index in [1.807, 2.05) is 53.4 Å². The van der Waals surface area contributed by atoms with Gasteiger partial charge in [0.25, 0.3) is 0 Å². The van der Waals surface area contributed by atoms with Gasteiger partial charge in [0, 0.05) is 38.8 Å². The summed E-state index contributed by atoms with van der Waals surface area (Å²) < 4.78 is 10.7. The highest BCUT2D eigenvalue weighted by molar-refractivity contribution is 5.91. The van der Waals surface area contributed by atoms with E-state index in [4.69, 9.17) is 14.7 Å². The third kappa shape index (κ3) is 4.76. The number of carbonyl (C=O) groups excluding carboxylic acids is 1. The van der Waals surface area contributed by atoms with Crippen molar-refractivity contribution in [1.29, 1.82) is 5.26 Å². The van der Waals surface area contributed by atoms with Crippen molar-refractivity contribution in [3.05, 3.63) is 65.2 Å². The summed E-state index contributed by atoms with van der Waals surface area (Å²) in [6.45, 7) is 4.34. The van der Waals surface area contributed by atoms with Gasteiger partial charge in [-0.3, -0.25) is 9.69 Å². The van der Waals surface area contributed by atoms with Crippen LogP contribution in [0.2, 0.25) is 0 Å². The molecule has 1 fully saturated rings. The average molecular weight is 389 g/mol. The molecule has 1 saturated heterocycles. The van der Waals surface area contributed by atoms with E-state index in [0.717, 1.165) is 43.9 Å². The van der Waals surface area contributed by atoms with Crippen LogP contribution in [0.4, 0.5) is 0 Å². The summed E-state index contributed by atoms with van der Waals surface area (Å²) in [6, 6.07) is 15.5. The van der Waals surface area contributed by atoms with Gasteiger partial charge in [-0.05, 0) is 47.9 Å². The molecule has 29 heavy (non-hydrogen) atoms. The Morgan fingerprint density at radius 3 is 2.69 bits per heavy atom. The number of carbonyl (C=O) groups is 1. The number of hydrogen-bond donors (Lipinski definition) is 0. The fourth-order valence-electron chi connectivity index (χ4n) is 3.58. The predicted octanol–water partition coefficient (Wildman–Crippen LogP) is 3.03. The SMILES string of the molecule is N#Cc1ccc(CN2CCCN(C(=O)/C=C/c3ccc4c(c3)OCO4)CC2)cc1. The molecule has 1 amide bonds. The number of rotatable bonds is 4. The van der Waals surface area contributed by atoms with Gasteiger partial charge in [0.1, 0.15) is 0 Å². The molecule has 0 atom stereocenters. The zero-order chi connectivity index (χ0) is 20.1. The summed E-state index contributed by atoms with van der Waals surface area (Å²) in [7, 11) is 0. The van der Waals surface area contributed by atoms with E-state index in [0.29, 0.717) is 17.9 Å². The maximum atomic E-state index is 12.6. The van der Waals surface area contributed by atoms with Crippen LogP contribution < -0.4 is 9.47 Å². The molecule has 6 nitrogen and oxygen atoms in total. The van der Waals surface area contributed by atoms with Crippen LogP contribution in [-0.2, 0) is 11.3 Å². The number of nitrogens with zero attached hydrogens (tertiary/aromatic N) is 3. The van der Waals surface area contributed by atoms with Gasteiger partial charge >= 0.3 is 0 Å². The zero-order valence-electron chi connectivity index (χ0n) is 16.2. The third-order valence-corrected chi connectivity index (χ3v) is 5.20. The lowest BCUT2D eigenvalue weighted by Crippen LogP contribution is -2.34. The summed E-state index contributed by atoms with van der Waals surface area (Å²) >= 11 is 0. The molecule has 6 heteroatoms. The molecule has 2 aromatic rings. The molecule has 0 bridgehead atoms. The lowest BCUT2D eigenvalue weighted by Gasteiger charge is -2.21. The molecule has 2 heterocycles. The number of amides is 1. The molecule has 148 valence electrons. The van der Waals surface area contributed by atoms with Gasteiger partial charge in [0.15, 0.2) is 11.5 Å². The van der Waals surface area contributed by atoms with Crippen LogP contribution in [0.5, 0.6) is 11.5 Å². The Labute approximate surface area is 170 Å². The van der Waals surface area contributed by atoms with Crippen LogP contribution in [0.25, 0.3) is 6.08 Å². The number of benzene rings is 2. The van der Waals surface area contributed by atoms with E-state index < -0.39 is 0 Å². The Bertz CT molecular complexity index is 947. The van der Waals surface area contributed by atoms with Crippen LogP contribution >= 0.6 is 0 Å². The van der Waals surface area contributed by atoms with Crippen molar-refractivity contribution in [3.63, 3.8) is 0 Å². The van der Waals surface area contributed by atoms with E-state index >= 15 is 0 Å². The highest BCUT2D eigenvalue weighted by Gasteiger charge is 2.18. The fourth-order valence-corrected chi connectivity index (χ4v) is 3.58. The first-order valence-electron chi connectivity index (χ1n) is 9.79. The largest absolute Gasteiger partial charge is 0.454 e. The summed E-state index contributed by atoms with van der Waals surface area (Å²) in [5.41, 5.74) is 2.78. The lowest BCUT2D eigenvalue weighted by atomic mass is 10.1. The van der Waals surface area contributed by atoms with Crippen molar-refractivity contribution in [2.75, 3.05) is 33.0 Å². The van der Waals surface area contributed by atoms with Crippen LogP contribution in [0.3, 0.4) is 0 Å². The first kappa shape index (κ1) is 19.0. The van der Waals surface area contributed by atoms with E-state index in [1.54, 1.807) is 6.08 Å². The smallest absolute Gasteiger partial charge is 0.246 e. The second kappa shape index (κ2) is 8.80. The number of fused-ring (bicyclic) bond motifs is 1. The van der Waals surface area contributed by atoms with Crippen LogP contribution in [0.15, 0.2) is 48.5 Å². The normalized spacial score (nSPS) is 16.6. The molecule has 0 saturated carbocycles. The highest BCUT2D eigenvalue weighted by Crippen LogP contribution is 2.32. The molecule has 0 spiro atoms. The summed E-state index contributed by atoms with van der Waals surface area (Å²) in [5.74, 6) is 1.49. The van der Waals surface area contributed by atoms with Crippen molar-refractivity contribution in [3.8, 4) is 17.6 Å². The minimum absolute atomic E-state index is 0.0305. The van der Waals surface area contributed by atoms with Crippen molar-refractivity contribution in [1.82, 2.24) is 9.80 Å². The second-order valence-electron chi connectivity index (χ2n) is 7.21. The molecule has 0 unspecified atom stereocenters. The van der Waals surface area contributed by atoms with E-state index in [1.165, 1.54) is 5.56 Å². The number of ether oxygens (including phenoxy) is 2. The first-order chi connectivity index (χ1) is 14.2. The maximum absolute atomic E-state index is 12.6. The molecule has 2 aromatic carbocycles. The maximum Gasteiger partial charge on any atom is 0.246 e. The van der Waals surface area contributed by atoms with Gasteiger partial charge in [-0.15, -0.1) is 0 Å². The van der Waals surface area contributed by atoms with Gasteiger partial charge < -0.3 is 14.4 Å². The molecule has 0 aromatic heterocycles. The first-order valence-corrected chi connectivity index (χ1v) is 9.79. The van der Waals surface area contributed by atoms with E-state index in [-0.39, 0.29) is 12.7 Å². The van der Waals surface area contributed by atoms with Crippen LogP contribution in [0, 0.1) is 11.3 Å². The molecule has 2 aliphatic heterocycles. The van der Waals surface area contributed by atoms with Gasteiger partial charge in [0.05, 0.1) is 11.6 Å². The van der Waals surface area contributed by atoms with Crippen LogP contribution in [-0.4, -0.2) is 48.7 Å². The second-order valence-corrected chi connectivity index (χ2v) is 7.21. The van der Waals surface area contributed by atoms with Gasteiger partial charge in [-0.2, -0.15) is 5.26 Å². The molecule has 4 rings (SSSR count). The molecular formula is C23H23N3O3. The molecular weight excluding hydrogens is 366 g/mol. The Kier molecular flexibility index (Phi) is 5.78. The van der Waals surface area contributed by atoms with Crippen molar-refractivity contribution >= 4 is 12.0 Å². The van der Waals surface area contributed by atoms with E-state index in [2.05, 4.69) is 11.0 Å². The summed E-state index contributed by atoms with van der Waals surface area (Å²) in [4.78, 5) is 16.9. The number of hydrogen-bond acceptors (Lipinski definition) is 5. The molecule has 2 aliphatic rings. The average Bonchev–Trinajstić information content (AvgIpc) is 3.10. The van der Waals surface area contributed by atoms with Gasteiger partial charge in [0.2, 0.25) is 12.7 Å². The molecule has 0 radical (unpaired) electrons.